The van der Waals surface area contributed by atoms with Crippen molar-refractivity contribution in [2.24, 2.45) is 0 Å². The van der Waals surface area contributed by atoms with Gasteiger partial charge in [0.2, 0.25) is 10.0 Å². The summed E-state index contributed by atoms with van der Waals surface area (Å²) in [4.78, 5) is 25.0. The first kappa shape index (κ1) is 30.0. The van der Waals surface area contributed by atoms with Crippen molar-refractivity contribution in [3.8, 4) is 16.2 Å². The van der Waals surface area contributed by atoms with Gasteiger partial charge in [0.05, 0.1) is 12.0 Å². The third-order valence-electron chi connectivity index (χ3n) is 7.06. The summed E-state index contributed by atoms with van der Waals surface area (Å²) in [6.45, 7) is 4.97. The molecule has 0 saturated heterocycles. The van der Waals surface area contributed by atoms with Gasteiger partial charge in [-0.3, -0.25) is 4.79 Å². The number of benzene rings is 3. The van der Waals surface area contributed by atoms with Crippen molar-refractivity contribution < 1.29 is 33.0 Å². The predicted octanol–water partition coefficient (Wildman–Crippen LogP) is 5.93. The largest absolute Gasteiger partial charge is 0.496 e. The molecule has 10 heteroatoms. The van der Waals surface area contributed by atoms with Crippen LogP contribution in [0.4, 0.5) is 0 Å². The number of ether oxygens (including phenoxy) is 1. The van der Waals surface area contributed by atoms with E-state index >= 15 is 0 Å². The Hall–Kier alpha value is -3.99. The van der Waals surface area contributed by atoms with Crippen molar-refractivity contribution in [1.82, 2.24) is 4.31 Å². The van der Waals surface area contributed by atoms with Gasteiger partial charge in [0.25, 0.3) is 0 Å². The van der Waals surface area contributed by atoms with E-state index in [1.807, 2.05) is 6.07 Å². The fraction of sp³-hybridized carbons (Fsp3) is 0.226. The average molecular weight is 594 g/mol. The topological polar surface area (TPSA) is 121 Å². The number of hydrogen-bond acceptors (Lipinski definition) is 6. The Morgan fingerprint density at radius 2 is 1.56 bits per heavy atom. The molecule has 3 aromatic carbocycles. The second-order valence-electron chi connectivity index (χ2n) is 9.73. The summed E-state index contributed by atoms with van der Waals surface area (Å²) < 4.78 is 35.3. The van der Waals surface area contributed by atoms with Crippen LogP contribution in [0.15, 0.2) is 77.7 Å². The summed E-state index contributed by atoms with van der Waals surface area (Å²) in [5.41, 5.74) is 3.68. The average Bonchev–Trinajstić information content (AvgIpc) is 3.44. The smallest absolute Gasteiger partial charge is 0.345 e. The Morgan fingerprint density at radius 3 is 2.12 bits per heavy atom. The Bertz CT molecular complexity index is 1680. The zero-order chi connectivity index (χ0) is 29.9. The van der Waals surface area contributed by atoms with Gasteiger partial charge in [-0.25, -0.2) is 13.2 Å². The van der Waals surface area contributed by atoms with E-state index in [9.17, 15) is 28.2 Å². The van der Waals surface area contributed by atoms with E-state index < -0.39 is 28.0 Å². The number of carboxylic acids is 2. The molecule has 4 aromatic rings. The molecule has 0 aliphatic heterocycles. The van der Waals surface area contributed by atoms with Gasteiger partial charge < -0.3 is 14.9 Å². The first-order valence-corrected chi connectivity index (χ1v) is 15.1. The van der Waals surface area contributed by atoms with Gasteiger partial charge in [-0.2, -0.15) is 4.31 Å². The molecule has 0 fully saturated rings. The molecule has 0 bridgehead atoms. The van der Waals surface area contributed by atoms with E-state index in [0.29, 0.717) is 33.6 Å². The Labute approximate surface area is 243 Å². The maximum atomic E-state index is 14.4. The molecule has 0 amide bonds. The van der Waals surface area contributed by atoms with E-state index in [1.54, 1.807) is 81.4 Å². The third-order valence-corrected chi connectivity index (χ3v) is 10.3. The number of aryl methyl sites for hydroxylation is 1. The van der Waals surface area contributed by atoms with Crippen LogP contribution < -0.4 is 4.74 Å². The monoisotopic (exact) mass is 593 g/mol. The van der Waals surface area contributed by atoms with Gasteiger partial charge in [0.15, 0.2) is 0 Å². The minimum absolute atomic E-state index is 0.0200. The van der Waals surface area contributed by atoms with Gasteiger partial charge in [0.1, 0.15) is 16.7 Å². The molecule has 0 radical (unpaired) electrons. The number of aliphatic carboxylic acids is 1. The van der Waals surface area contributed by atoms with E-state index in [-0.39, 0.29) is 22.7 Å². The zero-order valence-corrected chi connectivity index (χ0v) is 24.8. The maximum Gasteiger partial charge on any atom is 0.345 e. The van der Waals surface area contributed by atoms with Crippen LogP contribution in [0, 0.1) is 20.8 Å². The van der Waals surface area contributed by atoms with Gasteiger partial charge in [0, 0.05) is 11.4 Å². The number of carboxylic acid groups (broad SMARTS) is 2. The molecule has 8 nitrogen and oxygen atoms in total. The first-order chi connectivity index (χ1) is 19.4. The maximum absolute atomic E-state index is 14.4. The van der Waals surface area contributed by atoms with Crippen molar-refractivity contribution in [3.63, 3.8) is 0 Å². The van der Waals surface area contributed by atoms with Crippen LogP contribution in [0.1, 0.15) is 37.5 Å². The molecular weight excluding hydrogens is 562 g/mol. The lowest BCUT2D eigenvalue weighted by molar-refractivity contribution is -0.141. The number of aromatic carboxylic acids is 1. The van der Waals surface area contributed by atoms with Gasteiger partial charge in [-0.05, 0) is 78.8 Å². The summed E-state index contributed by atoms with van der Waals surface area (Å²) >= 11 is 1.14. The number of methoxy groups -OCH3 is 1. The SMILES string of the molecule is COc1cc(C)c(S(=O)(=O)N(Cc2ccc(-c3ccc(C(=O)O)s3)cc2)C(Cc2ccccc2)C(=O)O)c(C)c1C. The van der Waals surface area contributed by atoms with Crippen LogP contribution in [0.2, 0.25) is 0 Å². The quantitative estimate of drug-likeness (QED) is 0.221. The van der Waals surface area contributed by atoms with Crippen LogP contribution in [0.3, 0.4) is 0 Å². The highest BCUT2D eigenvalue weighted by Crippen LogP contribution is 2.35. The highest BCUT2D eigenvalue weighted by molar-refractivity contribution is 7.89. The number of sulfonamides is 1. The van der Waals surface area contributed by atoms with Crippen molar-refractivity contribution in [3.05, 3.63) is 105 Å². The highest BCUT2D eigenvalue weighted by Gasteiger charge is 2.38. The van der Waals surface area contributed by atoms with Gasteiger partial charge in [-0.15, -0.1) is 11.3 Å². The molecule has 0 aliphatic carbocycles. The van der Waals surface area contributed by atoms with E-state index in [2.05, 4.69) is 0 Å². The predicted molar refractivity (Wildman–Crippen MR) is 158 cm³/mol. The lowest BCUT2D eigenvalue weighted by atomic mass is 10.1. The minimum atomic E-state index is -4.31. The molecule has 2 N–H and O–H groups in total. The fourth-order valence-corrected chi connectivity index (χ4v) is 7.73. The van der Waals surface area contributed by atoms with Gasteiger partial charge in [-0.1, -0.05) is 54.6 Å². The molecule has 4 rings (SSSR count). The Kier molecular flexibility index (Phi) is 8.96. The van der Waals surface area contributed by atoms with Gasteiger partial charge >= 0.3 is 11.9 Å². The van der Waals surface area contributed by atoms with Crippen LogP contribution in [-0.2, 0) is 27.8 Å². The summed E-state index contributed by atoms with van der Waals surface area (Å²) in [7, 11) is -2.79. The number of rotatable bonds is 11. The zero-order valence-electron chi connectivity index (χ0n) is 23.1. The normalized spacial score (nSPS) is 12.3. The van der Waals surface area contributed by atoms with Crippen LogP contribution >= 0.6 is 11.3 Å². The number of carbonyl (C=O) groups is 2. The molecular formula is C31H31NO7S2. The molecule has 1 atom stereocenters. The molecule has 214 valence electrons. The number of nitrogens with zero attached hydrogens (tertiary/aromatic N) is 1. The highest BCUT2D eigenvalue weighted by atomic mass is 32.2. The van der Waals surface area contributed by atoms with Crippen molar-refractivity contribution in [1.29, 1.82) is 0 Å². The van der Waals surface area contributed by atoms with Crippen molar-refractivity contribution in [2.45, 2.75) is 44.7 Å². The molecule has 1 heterocycles. The summed E-state index contributed by atoms with van der Waals surface area (Å²) in [5.74, 6) is -1.70. The van der Waals surface area contributed by atoms with E-state index in [4.69, 9.17) is 4.74 Å². The second-order valence-corrected chi connectivity index (χ2v) is 12.6. The lowest BCUT2D eigenvalue weighted by Crippen LogP contribution is -2.46. The first-order valence-electron chi connectivity index (χ1n) is 12.8. The molecule has 0 aliphatic rings. The number of thiophene rings is 1. The lowest BCUT2D eigenvalue weighted by Gasteiger charge is -2.30. The number of hydrogen-bond donors (Lipinski definition) is 2. The summed E-state index contributed by atoms with van der Waals surface area (Å²) in [5, 5.41) is 19.6. The molecule has 1 aromatic heterocycles. The molecule has 0 saturated carbocycles. The van der Waals surface area contributed by atoms with Crippen LogP contribution in [-0.4, -0.2) is 48.0 Å². The molecule has 1 unspecified atom stereocenters. The van der Waals surface area contributed by atoms with Crippen molar-refractivity contribution in [2.75, 3.05) is 7.11 Å². The van der Waals surface area contributed by atoms with E-state index in [0.717, 1.165) is 26.1 Å². The standard InChI is InChI=1S/C31H31NO7S2/c1-19-16-26(39-4)20(2)21(3)29(19)41(37,38)32(25(30(33)34)17-22-8-6-5-7-9-22)18-23-10-12-24(13-11-23)27-14-15-28(40-27)31(35)36/h5-16,25H,17-18H2,1-4H3,(H,33,34)(H,35,36). The summed E-state index contributed by atoms with van der Waals surface area (Å²) in [6, 6.07) is 19.5. The van der Waals surface area contributed by atoms with Crippen LogP contribution in [0.5, 0.6) is 5.75 Å². The Balaban J connectivity index is 1.79. The summed E-state index contributed by atoms with van der Waals surface area (Å²) in [6.07, 6.45) is -0.0200. The molecule has 0 spiro atoms. The third kappa shape index (κ3) is 6.35. The Morgan fingerprint density at radius 1 is 0.902 bits per heavy atom. The van der Waals surface area contributed by atoms with Crippen molar-refractivity contribution >= 4 is 33.3 Å². The van der Waals surface area contributed by atoms with Crippen LogP contribution in [0.25, 0.3) is 10.4 Å². The van der Waals surface area contributed by atoms with E-state index in [1.165, 1.54) is 13.2 Å². The minimum Gasteiger partial charge on any atom is -0.496 e. The molecule has 41 heavy (non-hydrogen) atoms. The second kappa shape index (κ2) is 12.3. The fourth-order valence-electron chi connectivity index (χ4n) is 4.82.